The highest BCUT2D eigenvalue weighted by Crippen LogP contribution is 2.21. The SMILES string of the molecule is CC(C)(C)OC(=O)N1CCN2C(NC[C@H]3CCCN3S(C)(=O)=O)=NCC2C1. The summed E-state index contributed by atoms with van der Waals surface area (Å²) in [6, 6.07) is 0.119. The summed E-state index contributed by atoms with van der Waals surface area (Å²) in [6.07, 6.45) is 2.75. The van der Waals surface area contributed by atoms with Crippen molar-refractivity contribution in [2.75, 3.05) is 45.5 Å². The number of fused-ring (bicyclic) bond motifs is 1. The van der Waals surface area contributed by atoms with Crippen LogP contribution in [0.1, 0.15) is 33.6 Å². The maximum Gasteiger partial charge on any atom is 0.410 e. The van der Waals surface area contributed by atoms with Gasteiger partial charge < -0.3 is 19.9 Å². The van der Waals surface area contributed by atoms with Crippen LogP contribution in [0.4, 0.5) is 4.79 Å². The fourth-order valence-corrected chi connectivity index (χ4v) is 5.06. The average molecular weight is 402 g/mol. The molecule has 0 aromatic heterocycles. The van der Waals surface area contributed by atoms with Gasteiger partial charge in [0, 0.05) is 38.8 Å². The third-order valence-corrected chi connectivity index (χ3v) is 6.44. The molecule has 3 heterocycles. The Morgan fingerprint density at radius 2 is 2.04 bits per heavy atom. The Balaban J connectivity index is 1.51. The standard InChI is InChI=1S/C17H31N5O4S/c1-17(2,3)26-16(23)20-8-9-21-14(12-20)11-19-15(21)18-10-13-6-5-7-22(13)27(4,24)25/h13-14H,5-12H2,1-4H3,(H,18,19)/t13-,14?/m1/s1. The van der Waals surface area contributed by atoms with Crippen molar-refractivity contribution in [2.24, 2.45) is 4.99 Å². The topological polar surface area (TPSA) is 94.5 Å². The van der Waals surface area contributed by atoms with Crippen molar-refractivity contribution in [1.29, 1.82) is 0 Å². The third-order valence-electron chi connectivity index (χ3n) is 5.10. The van der Waals surface area contributed by atoms with E-state index >= 15 is 0 Å². The number of hydrogen-bond acceptors (Lipinski definition) is 7. The van der Waals surface area contributed by atoms with Crippen molar-refractivity contribution >= 4 is 22.1 Å². The monoisotopic (exact) mass is 401 g/mol. The summed E-state index contributed by atoms with van der Waals surface area (Å²) in [6.45, 7) is 9.24. The lowest BCUT2D eigenvalue weighted by molar-refractivity contribution is 0.0137. The van der Waals surface area contributed by atoms with Crippen LogP contribution in [0.3, 0.4) is 0 Å². The summed E-state index contributed by atoms with van der Waals surface area (Å²) in [5.74, 6) is 0.809. The Labute approximate surface area is 161 Å². The highest BCUT2D eigenvalue weighted by molar-refractivity contribution is 7.88. The van der Waals surface area contributed by atoms with Gasteiger partial charge in [-0.3, -0.25) is 4.99 Å². The van der Waals surface area contributed by atoms with E-state index in [0.29, 0.717) is 39.3 Å². The Hall–Kier alpha value is -1.55. The molecule has 0 bridgehead atoms. The molecule has 0 aliphatic carbocycles. The molecule has 154 valence electrons. The number of nitrogens with zero attached hydrogens (tertiary/aromatic N) is 4. The lowest BCUT2D eigenvalue weighted by Gasteiger charge is -2.39. The quantitative estimate of drug-likeness (QED) is 0.731. The second-order valence-corrected chi connectivity index (χ2v) is 10.4. The van der Waals surface area contributed by atoms with Crippen LogP contribution in [-0.4, -0.2) is 97.8 Å². The molecule has 2 atom stereocenters. The molecule has 2 fully saturated rings. The van der Waals surface area contributed by atoms with Gasteiger partial charge in [-0.25, -0.2) is 13.2 Å². The predicted octanol–water partition coefficient (Wildman–Crippen LogP) is 0.291. The first-order valence-electron chi connectivity index (χ1n) is 9.54. The number of sulfonamides is 1. The number of hydrogen-bond donors (Lipinski definition) is 1. The van der Waals surface area contributed by atoms with E-state index in [9.17, 15) is 13.2 Å². The zero-order valence-electron chi connectivity index (χ0n) is 16.6. The van der Waals surface area contributed by atoms with Crippen molar-refractivity contribution < 1.29 is 17.9 Å². The zero-order valence-corrected chi connectivity index (χ0v) is 17.5. The van der Waals surface area contributed by atoms with Crippen LogP contribution >= 0.6 is 0 Å². The van der Waals surface area contributed by atoms with E-state index in [1.165, 1.54) is 6.26 Å². The van der Waals surface area contributed by atoms with Gasteiger partial charge in [-0.15, -0.1) is 0 Å². The summed E-state index contributed by atoms with van der Waals surface area (Å²) >= 11 is 0. The van der Waals surface area contributed by atoms with Gasteiger partial charge in [0.05, 0.1) is 18.8 Å². The molecule has 0 saturated carbocycles. The molecule has 3 aliphatic heterocycles. The number of nitrogens with one attached hydrogen (secondary N) is 1. The van der Waals surface area contributed by atoms with Crippen LogP contribution in [0, 0.1) is 0 Å². The van der Waals surface area contributed by atoms with E-state index in [2.05, 4.69) is 15.2 Å². The Kier molecular flexibility index (Phi) is 5.58. The number of amides is 1. The normalized spacial score (nSPS) is 26.7. The molecule has 0 aromatic carbocycles. The first-order valence-corrected chi connectivity index (χ1v) is 11.4. The summed E-state index contributed by atoms with van der Waals surface area (Å²) in [5, 5.41) is 3.34. The van der Waals surface area contributed by atoms with Gasteiger partial charge in [-0.1, -0.05) is 0 Å². The molecule has 0 spiro atoms. The predicted molar refractivity (Wildman–Crippen MR) is 103 cm³/mol. The van der Waals surface area contributed by atoms with Crippen LogP contribution in [-0.2, 0) is 14.8 Å². The second-order valence-electron chi connectivity index (χ2n) is 8.49. The van der Waals surface area contributed by atoms with Gasteiger partial charge >= 0.3 is 6.09 Å². The van der Waals surface area contributed by atoms with Crippen LogP contribution in [0.25, 0.3) is 0 Å². The minimum absolute atomic E-state index is 0.0233. The van der Waals surface area contributed by atoms with Crippen LogP contribution in [0.15, 0.2) is 4.99 Å². The fraction of sp³-hybridized carbons (Fsp3) is 0.882. The van der Waals surface area contributed by atoms with Crippen LogP contribution in [0.5, 0.6) is 0 Å². The summed E-state index contributed by atoms with van der Waals surface area (Å²) < 4.78 is 30.8. The fourth-order valence-electron chi connectivity index (χ4n) is 3.88. The molecule has 9 nitrogen and oxygen atoms in total. The Morgan fingerprint density at radius 1 is 1.30 bits per heavy atom. The van der Waals surface area contributed by atoms with Crippen molar-refractivity contribution in [3.05, 3.63) is 0 Å². The van der Waals surface area contributed by atoms with Crippen molar-refractivity contribution in [2.45, 2.75) is 51.3 Å². The Bertz CT molecular complexity index is 703. The van der Waals surface area contributed by atoms with Gasteiger partial charge in [0.2, 0.25) is 10.0 Å². The summed E-state index contributed by atoms with van der Waals surface area (Å²) in [4.78, 5) is 20.8. The van der Waals surface area contributed by atoms with E-state index in [1.54, 1.807) is 9.21 Å². The smallest absolute Gasteiger partial charge is 0.410 e. The van der Waals surface area contributed by atoms with E-state index in [0.717, 1.165) is 18.8 Å². The van der Waals surface area contributed by atoms with Crippen molar-refractivity contribution in [1.82, 2.24) is 19.4 Å². The lowest BCUT2D eigenvalue weighted by atomic mass is 10.2. The second kappa shape index (κ2) is 7.46. The van der Waals surface area contributed by atoms with Crippen LogP contribution in [0.2, 0.25) is 0 Å². The van der Waals surface area contributed by atoms with Crippen molar-refractivity contribution in [3.8, 4) is 0 Å². The number of carbonyl (C=O) groups is 1. The van der Waals surface area contributed by atoms with Crippen molar-refractivity contribution in [3.63, 3.8) is 0 Å². The number of piperazine rings is 1. The molecule has 0 aromatic rings. The summed E-state index contributed by atoms with van der Waals surface area (Å²) in [7, 11) is -3.17. The van der Waals surface area contributed by atoms with Gasteiger partial charge in [0.1, 0.15) is 5.60 Å². The number of carbonyl (C=O) groups excluding carboxylic acids is 1. The third kappa shape index (κ3) is 4.84. The minimum Gasteiger partial charge on any atom is -0.444 e. The molecule has 2 saturated heterocycles. The zero-order chi connectivity index (χ0) is 19.8. The van der Waals surface area contributed by atoms with E-state index in [4.69, 9.17) is 4.74 Å². The number of rotatable bonds is 3. The van der Waals surface area contributed by atoms with E-state index in [-0.39, 0.29) is 18.2 Å². The summed E-state index contributed by atoms with van der Waals surface area (Å²) in [5.41, 5.74) is -0.500. The number of guanidine groups is 1. The maximum atomic E-state index is 12.3. The van der Waals surface area contributed by atoms with Gasteiger partial charge in [-0.05, 0) is 33.6 Å². The van der Waals surface area contributed by atoms with Crippen LogP contribution < -0.4 is 5.32 Å². The lowest BCUT2D eigenvalue weighted by Crippen LogP contribution is -2.58. The molecule has 3 aliphatic rings. The molecule has 1 amide bonds. The van der Waals surface area contributed by atoms with Gasteiger partial charge in [0.25, 0.3) is 0 Å². The molecular formula is C17H31N5O4S. The highest BCUT2D eigenvalue weighted by atomic mass is 32.2. The first-order chi connectivity index (χ1) is 12.5. The van der Waals surface area contributed by atoms with Gasteiger partial charge in [-0.2, -0.15) is 4.31 Å². The Morgan fingerprint density at radius 3 is 2.70 bits per heavy atom. The van der Waals surface area contributed by atoms with E-state index in [1.807, 2.05) is 20.8 Å². The number of aliphatic imine (C=N–C) groups is 1. The minimum atomic E-state index is -3.17. The highest BCUT2D eigenvalue weighted by Gasteiger charge is 2.37. The molecule has 1 unspecified atom stereocenters. The molecule has 10 heteroatoms. The molecular weight excluding hydrogens is 370 g/mol. The molecule has 1 N–H and O–H groups in total. The number of ether oxygens (including phenoxy) is 1. The van der Waals surface area contributed by atoms with E-state index < -0.39 is 15.6 Å². The maximum absolute atomic E-state index is 12.3. The molecule has 3 rings (SSSR count). The molecule has 0 radical (unpaired) electrons. The molecule has 27 heavy (non-hydrogen) atoms. The van der Waals surface area contributed by atoms with Gasteiger partial charge in [0.15, 0.2) is 5.96 Å². The average Bonchev–Trinajstić information content (AvgIpc) is 3.17. The first kappa shape index (κ1) is 20.2. The largest absolute Gasteiger partial charge is 0.444 e.